The molecule has 128 valence electrons. The van der Waals surface area contributed by atoms with Crippen LogP contribution >= 0.6 is 0 Å². The van der Waals surface area contributed by atoms with Crippen LogP contribution in [0.2, 0.25) is 18.1 Å². The number of nitrogens with zero attached hydrogens (tertiary/aromatic N) is 1. The molecule has 1 aliphatic rings. The summed E-state index contributed by atoms with van der Waals surface area (Å²) >= 11 is 0. The monoisotopic (exact) mass is 333 g/mol. The summed E-state index contributed by atoms with van der Waals surface area (Å²) in [4.78, 5) is 14.6. The number of hydrogen-bond acceptors (Lipinski definition) is 2. The second-order valence-electron chi connectivity index (χ2n) is 8.11. The van der Waals surface area contributed by atoms with Crippen molar-refractivity contribution in [3.8, 4) is 0 Å². The van der Waals surface area contributed by atoms with Crippen LogP contribution < -0.4 is 0 Å². The second-order valence-corrected chi connectivity index (χ2v) is 12.9. The van der Waals surface area contributed by atoms with Gasteiger partial charge in [0.1, 0.15) is 0 Å². The second kappa shape index (κ2) is 6.77. The van der Waals surface area contributed by atoms with Crippen molar-refractivity contribution < 1.29 is 9.22 Å². The molecule has 0 bridgehead atoms. The number of benzene rings is 1. The van der Waals surface area contributed by atoms with E-state index in [1.165, 1.54) is 5.56 Å². The van der Waals surface area contributed by atoms with Crippen LogP contribution in [-0.4, -0.2) is 31.8 Å². The standard InChI is InChI=1S/C19H31NO2Si/c1-7-17-16(14-22-23(5,6)19(2,3)4)18(21)20(17)13-15-11-9-8-10-12-15/h8-12,16-17H,7,13-14H2,1-6H3/t16-,17-/m0/s1. The molecule has 0 unspecified atom stereocenters. The quantitative estimate of drug-likeness (QED) is 0.569. The molecule has 1 aromatic carbocycles. The van der Waals surface area contributed by atoms with Gasteiger partial charge in [-0.05, 0) is 30.1 Å². The van der Waals surface area contributed by atoms with E-state index in [-0.39, 0.29) is 16.9 Å². The van der Waals surface area contributed by atoms with Gasteiger partial charge in [0.25, 0.3) is 0 Å². The number of likely N-dealkylation sites (tertiary alicyclic amines) is 1. The Morgan fingerprint density at radius 2 is 1.78 bits per heavy atom. The van der Waals surface area contributed by atoms with E-state index in [1.807, 2.05) is 23.1 Å². The summed E-state index contributed by atoms with van der Waals surface area (Å²) in [6.07, 6.45) is 0.990. The van der Waals surface area contributed by atoms with E-state index in [0.29, 0.717) is 12.6 Å². The van der Waals surface area contributed by atoms with E-state index in [2.05, 4.69) is 52.9 Å². The lowest BCUT2D eigenvalue weighted by atomic mass is 9.85. The van der Waals surface area contributed by atoms with E-state index in [0.717, 1.165) is 13.0 Å². The van der Waals surface area contributed by atoms with Gasteiger partial charge in [0.05, 0.1) is 5.92 Å². The molecular weight excluding hydrogens is 302 g/mol. The van der Waals surface area contributed by atoms with Gasteiger partial charge in [-0.15, -0.1) is 0 Å². The molecule has 1 heterocycles. The maximum absolute atomic E-state index is 12.6. The number of carbonyl (C=O) groups is 1. The maximum Gasteiger partial charge on any atom is 0.230 e. The van der Waals surface area contributed by atoms with Crippen molar-refractivity contribution in [2.75, 3.05) is 6.61 Å². The highest BCUT2D eigenvalue weighted by molar-refractivity contribution is 6.74. The molecule has 1 aliphatic heterocycles. The number of rotatable bonds is 6. The largest absolute Gasteiger partial charge is 0.416 e. The van der Waals surface area contributed by atoms with Crippen molar-refractivity contribution >= 4 is 14.2 Å². The van der Waals surface area contributed by atoms with Crippen LogP contribution in [0, 0.1) is 5.92 Å². The van der Waals surface area contributed by atoms with E-state index in [9.17, 15) is 4.79 Å². The van der Waals surface area contributed by atoms with Crippen LogP contribution in [-0.2, 0) is 15.8 Å². The summed E-state index contributed by atoms with van der Waals surface area (Å²) in [5.74, 6) is 0.289. The molecule has 0 aromatic heterocycles. The average Bonchev–Trinajstić information content (AvgIpc) is 2.48. The Balaban J connectivity index is 1.96. The number of hydrogen-bond donors (Lipinski definition) is 0. The van der Waals surface area contributed by atoms with E-state index < -0.39 is 8.32 Å². The number of amides is 1. The van der Waals surface area contributed by atoms with Crippen LogP contribution in [0.3, 0.4) is 0 Å². The summed E-state index contributed by atoms with van der Waals surface area (Å²) in [5.41, 5.74) is 1.20. The minimum absolute atomic E-state index is 0.0397. The van der Waals surface area contributed by atoms with Crippen LogP contribution in [0.1, 0.15) is 39.7 Å². The lowest BCUT2D eigenvalue weighted by Gasteiger charge is -2.48. The summed E-state index contributed by atoms with van der Waals surface area (Å²) in [7, 11) is -1.79. The van der Waals surface area contributed by atoms with Gasteiger partial charge in [-0.3, -0.25) is 4.79 Å². The van der Waals surface area contributed by atoms with E-state index >= 15 is 0 Å². The number of β-lactam (4-membered cyclic amide) rings is 1. The molecule has 1 fully saturated rings. The molecule has 0 radical (unpaired) electrons. The lowest BCUT2D eigenvalue weighted by molar-refractivity contribution is -0.160. The first-order valence-corrected chi connectivity index (χ1v) is 11.6. The fourth-order valence-corrected chi connectivity index (χ4v) is 3.88. The lowest BCUT2D eigenvalue weighted by Crippen LogP contribution is -2.62. The van der Waals surface area contributed by atoms with Gasteiger partial charge in [-0.25, -0.2) is 0 Å². The normalized spacial score (nSPS) is 22.2. The van der Waals surface area contributed by atoms with Gasteiger partial charge in [-0.1, -0.05) is 58.0 Å². The van der Waals surface area contributed by atoms with Gasteiger partial charge >= 0.3 is 0 Å². The minimum Gasteiger partial charge on any atom is -0.416 e. The highest BCUT2D eigenvalue weighted by atomic mass is 28.4. The first-order valence-electron chi connectivity index (χ1n) is 8.65. The smallest absolute Gasteiger partial charge is 0.230 e. The first-order chi connectivity index (χ1) is 10.7. The topological polar surface area (TPSA) is 29.5 Å². The van der Waals surface area contributed by atoms with Crippen molar-refractivity contribution in [1.82, 2.24) is 4.90 Å². The molecule has 0 N–H and O–H groups in total. The maximum atomic E-state index is 12.6. The molecule has 3 nitrogen and oxygen atoms in total. The van der Waals surface area contributed by atoms with Crippen LogP contribution in [0.4, 0.5) is 0 Å². The third-order valence-corrected chi connectivity index (χ3v) is 10.0. The SMILES string of the molecule is CC[C@H]1[C@H](CO[Si](C)(C)C(C)(C)C)C(=O)N1Cc1ccccc1. The Morgan fingerprint density at radius 3 is 2.30 bits per heavy atom. The molecule has 23 heavy (non-hydrogen) atoms. The predicted octanol–water partition coefficient (Wildman–Crippen LogP) is 4.45. The molecule has 4 heteroatoms. The molecular formula is C19H31NO2Si. The number of carbonyl (C=O) groups excluding carboxylic acids is 1. The van der Waals surface area contributed by atoms with Crippen LogP contribution in [0.25, 0.3) is 0 Å². The fourth-order valence-electron chi connectivity index (χ4n) is 2.85. The summed E-state index contributed by atoms with van der Waals surface area (Å²) in [6, 6.07) is 10.5. The Hall–Kier alpha value is -1.13. The van der Waals surface area contributed by atoms with Crippen molar-refractivity contribution in [1.29, 1.82) is 0 Å². The zero-order valence-electron chi connectivity index (χ0n) is 15.4. The third-order valence-electron chi connectivity index (χ3n) is 5.51. The van der Waals surface area contributed by atoms with Gasteiger partial charge in [0.2, 0.25) is 5.91 Å². The minimum atomic E-state index is -1.79. The Labute approximate surface area is 142 Å². The van der Waals surface area contributed by atoms with Crippen molar-refractivity contribution in [2.24, 2.45) is 5.92 Å². The van der Waals surface area contributed by atoms with Crippen molar-refractivity contribution in [3.05, 3.63) is 35.9 Å². The molecule has 0 spiro atoms. The molecule has 2 rings (SSSR count). The van der Waals surface area contributed by atoms with Crippen molar-refractivity contribution in [3.63, 3.8) is 0 Å². The molecule has 1 saturated heterocycles. The van der Waals surface area contributed by atoms with E-state index in [4.69, 9.17) is 4.43 Å². The zero-order chi connectivity index (χ0) is 17.3. The van der Waals surface area contributed by atoms with Crippen LogP contribution in [0.5, 0.6) is 0 Å². The molecule has 0 saturated carbocycles. The average molecular weight is 334 g/mol. The van der Waals surface area contributed by atoms with Gasteiger partial charge in [0, 0.05) is 19.2 Å². The zero-order valence-corrected chi connectivity index (χ0v) is 16.4. The molecule has 0 aliphatic carbocycles. The van der Waals surface area contributed by atoms with Gasteiger partial charge in [-0.2, -0.15) is 0 Å². The van der Waals surface area contributed by atoms with Crippen molar-refractivity contribution in [2.45, 2.75) is 64.8 Å². The third kappa shape index (κ3) is 3.86. The highest BCUT2D eigenvalue weighted by Crippen LogP contribution is 2.38. The summed E-state index contributed by atoms with van der Waals surface area (Å²) in [5, 5.41) is 0.186. The summed E-state index contributed by atoms with van der Waals surface area (Å²) < 4.78 is 6.29. The Morgan fingerprint density at radius 1 is 1.17 bits per heavy atom. The molecule has 1 aromatic rings. The van der Waals surface area contributed by atoms with Gasteiger partial charge < -0.3 is 9.33 Å². The fraction of sp³-hybridized carbons (Fsp3) is 0.632. The highest BCUT2D eigenvalue weighted by Gasteiger charge is 2.47. The Kier molecular flexibility index (Phi) is 5.36. The molecule has 2 atom stereocenters. The van der Waals surface area contributed by atoms with E-state index in [1.54, 1.807) is 0 Å². The first kappa shape index (κ1) is 18.2. The van der Waals surface area contributed by atoms with Crippen LogP contribution in [0.15, 0.2) is 30.3 Å². The predicted molar refractivity (Wildman–Crippen MR) is 97.7 cm³/mol. The Bertz CT molecular complexity index is 536. The van der Waals surface area contributed by atoms with Gasteiger partial charge in [0.15, 0.2) is 8.32 Å². The molecule has 1 amide bonds. The summed E-state index contributed by atoms with van der Waals surface area (Å²) in [6.45, 7) is 14.7.